The molecule has 8 N–H and O–H groups in total. The van der Waals surface area contributed by atoms with Gasteiger partial charge in [0.05, 0.1) is 0 Å². The Balaban J connectivity index is 3.55. The molecule has 0 aromatic carbocycles. The number of hydrogen-bond donors (Lipinski definition) is 5. The fourth-order valence-corrected chi connectivity index (χ4v) is 0.828. The van der Waals surface area contributed by atoms with Crippen LogP contribution in [0.1, 0.15) is 19.3 Å². The highest BCUT2D eigenvalue weighted by atomic mass is 16.7. The van der Waals surface area contributed by atoms with E-state index in [-0.39, 0.29) is 0 Å². The molecule has 8 heteroatoms. The maximum Gasteiger partial charge on any atom is 0.343 e. The van der Waals surface area contributed by atoms with E-state index in [4.69, 9.17) is 17.2 Å². The predicted octanol–water partition coefficient (Wildman–Crippen LogP) is -1.93. The molecule has 88 valence electrons. The van der Waals surface area contributed by atoms with Crippen molar-refractivity contribution in [1.82, 2.24) is 11.0 Å². The molecule has 0 fully saturated rings. The number of hydrazine groups is 1. The third-order valence-corrected chi connectivity index (χ3v) is 1.60. The zero-order valence-corrected chi connectivity index (χ0v) is 8.36. The Morgan fingerprint density at radius 2 is 2.00 bits per heavy atom. The van der Waals surface area contributed by atoms with Crippen LogP contribution in [0.3, 0.4) is 0 Å². The van der Waals surface area contributed by atoms with Gasteiger partial charge >= 0.3 is 12.0 Å². The van der Waals surface area contributed by atoms with Gasteiger partial charge < -0.3 is 22.0 Å². The van der Waals surface area contributed by atoms with Crippen molar-refractivity contribution in [2.24, 2.45) is 17.2 Å². The number of nitrogens with two attached hydrogens (primary N) is 3. The summed E-state index contributed by atoms with van der Waals surface area (Å²) in [6, 6.07) is -1.60. The van der Waals surface area contributed by atoms with Gasteiger partial charge in [-0.3, -0.25) is 0 Å². The van der Waals surface area contributed by atoms with Gasteiger partial charge in [-0.05, 0) is 19.4 Å². The zero-order chi connectivity index (χ0) is 11.7. The first-order valence-corrected chi connectivity index (χ1v) is 4.54. The molecule has 0 aliphatic carbocycles. The molecule has 0 unspecified atom stereocenters. The van der Waals surface area contributed by atoms with Crippen molar-refractivity contribution < 1.29 is 14.4 Å². The molecule has 1 atom stereocenters. The van der Waals surface area contributed by atoms with Gasteiger partial charge in [0, 0.05) is 0 Å². The van der Waals surface area contributed by atoms with Crippen LogP contribution in [-0.4, -0.2) is 24.6 Å². The first-order valence-electron chi connectivity index (χ1n) is 4.54. The minimum atomic E-state index is -0.862. The van der Waals surface area contributed by atoms with Crippen LogP contribution in [-0.2, 0) is 9.63 Å². The lowest BCUT2D eigenvalue weighted by atomic mass is 10.1. The molecule has 0 bridgehead atoms. The van der Waals surface area contributed by atoms with Crippen molar-refractivity contribution in [1.29, 1.82) is 0 Å². The average Bonchev–Trinajstić information content (AvgIpc) is 2.17. The maximum absolute atomic E-state index is 11.1. The van der Waals surface area contributed by atoms with E-state index in [1.54, 1.807) is 0 Å². The Bertz CT molecular complexity index is 211. The van der Waals surface area contributed by atoms with Crippen LogP contribution < -0.4 is 28.2 Å². The molecule has 0 aliphatic heterocycles. The molecule has 0 heterocycles. The van der Waals surface area contributed by atoms with Crippen LogP contribution in [0.2, 0.25) is 0 Å². The van der Waals surface area contributed by atoms with E-state index < -0.39 is 18.0 Å². The van der Waals surface area contributed by atoms with Gasteiger partial charge in [0.25, 0.3) is 0 Å². The van der Waals surface area contributed by atoms with Gasteiger partial charge in [-0.15, -0.1) is 0 Å². The van der Waals surface area contributed by atoms with E-state index in [0.29, 0.717) is 13.0 Å². The molecular weight excluding hydrogens is 202 g/mol. The van der Waals surface area contributed by atoms with Gasteiger partial charge in [-0.25, -0.2) is 15.0 Å². The molecule has 0 aliphatic rings. The number of carbonyl (C=O) groups excluding carboxylic acids is 2. The van der Waals surface area contributed by atoms with Crippen LogP contribution >= 0.6 is 0 Å². The molecule has 0 spiro atoms. The Kier molecular flexibility index (Phi) is 7.24. The summed E-state index contributed by atoms with van der Waals surface area (Å²) in [5.74, 6) is -0.666. The molecule has 0 radical (unpaired) electrons. The van der Waals surface area contributed by atoms with Crippen LogP contribution in [0.5, 0.6) is 0 Å². The van der Waals surface area contributed by atoms with Crippen LogP contribution in [0, 0.1) is 0 Å². The van der Waals surface area contributed by atoms with Gasteiger partial charge in [-0.1, -0.05) is 12.0 Å². The highest BCUT2D eigenvalue weighted by molar-refractivity contribution is 5.75. The second kappa shape index (κ2) is 7.97. The molecule has 0 rings (SSSR count). The summed E-state index contributed by atoms with van der Waals surface area (Å²) in [5, 5.41) is 0. The van der Waals surface area contributed by atoms with Gasteiger partial charge in [0.2, 0.25) is 0 Å². The molecule has 0 aromatic rings. The van der Waals surface area contributed by atoms with Crippen LogP contribution in [0.4, 0.5) is 4.79 Å². The second-order valence-corrected chi connectivity index (χ2v) is 2.90. The SMILES string of the molecule is NCCCC[C@H](N)C(=O)ONNC(N)=O. The molecular formula is C7H17N5O3. The van der Waals surface area contributed by atoms with Crippen molar-refractivity contribution in [3.8, 4) is 0 Å². The van der Waals surface area contributed by atoms with E-state index in [2.05, 4.69) is 4.84 Å². The number of unbranched alkanes of at least 4 members (excludes halogenated alkanes) is 1. The molecule has 15 heavy (non-hydrogen) atoms. The van der Waals surface area contributed by atoms with E-state index in [0.717, 1.165) is 12.8 Å². The Morgan fingerprint density at radius 3 is 2.53 bits per heavy atom. The van der Waals surface area contributed by atoms with E-state index in [1.165, 1.54) is 0 Å². The third-order valence-electron chi connectivity index (χ3n) is 1.60. The minimum Gasteiger partial charge on any atom is -0.350 e. The summed E-state index contributed by atoms with van der Waals surface area (Å²) in [6.45, 7) is 0.559. The average molecular weight is 219 g/mol. The van der Waals surface area contributed by atoms with E-state index in [9.17, 15) is 9.59 Å². The minimum absolute atomic E-state index is 0.480. The molecule has 0 saturated heterocycles. The first kappa shape index (κ1) is 13.6. The third kappa shape index (κ3) is 7.67. The summed E-state index contributed by atoms with van der Waals surface area (Å²) in [7, 11) is 0. The van der Waals surface area contributed by atoms with E-state index in [1.807, 2.05) is 11.0 Å². The largest absolute Gasteiger partial charge is 0.350 e. The zero-order valence-electron chi connectivity index (χ0n) is 8.36. The summed E-state index contributed by atoms with van der Waals surface area (Å²) in [6.07, 6.45) is 2.03. The topological polar surface area (TPSA) is 145 Å². The summed E-state index contributed by atoms with van der Waals surface area (Å²) >= 11 is 0. The fourth-order valence-electron chi connectivity index (χ4n) is 0.828. The highest BCUT2D eigenvalue weighted by Crippen LogP contribution is 1.98. The number of primary amides is 1. The number of urea groups is 1. The first-order chi connectivity index (χ1) is 7.07. The lowest BCUT2D eigenvalue weighted by Gasteiger charge is -2.10. The predicted molar refractivity (Wildman–Crippen MR) is 52.8 cm³/mol. The van der Waals surface area contributed by atoms with Crippen molar-refractivity contribution >= 4 is 12.0 Å². The smallest absolute Gasteiger partial charge is 0.343 e. The number of nitrogens with one attached hydrogen (secondary N) is 2. The van der Waals surface area contributed by atoms with Gasteiger partial charge in [-0.2, -0.15) is 0 Å². The van der Waals surface area contributed by atoms with Crippen molar-refractivity contribution in [2.75, 3.05) is 6.54 Å². The Hall–Kier alpha value is -1.38. The van der Waals surface area contributed by atoms with Gasteiger partial charge in [0.15, 0.2) is 0 Å². The molecule has 0 aromatic heterocycles. The van der Waals surface area contributed by atoms with Crippen molar-refractivity contribution in [3.63, 3.8) is 0 Å². The molecule has 0 saturated carbocycles. The van der Waals surface area contributed by atoms with Gasteiger partial charge in [0.1, 0.15) is 6.04 Å². The van der Waals surface area contributed by atoms with E-state index >= 15 is 0 Å². The maximum atomic E-state index is 11.1. The Labute approximate surface area is 87.4 Å². The normalized spacial score (nSPS) is 11.9. The van der Waals surface area contributed by atoms with Crippen LogP contribution in [0.15, 0.2) is 0 Å². The summed E-state index contributed by atoms with van der Waals surface area (Å²) in [4.78, 5) is 25.6. The number of amides is 2. The second-order valence-electron chi connectivity index (χ2n) is 2.90. The number of hydrogen-bond acceptors (Lipinski definition) is 6. The fraction of sp³-hybridized carbons (Fsp3) is 0.714. The van der Waals surface area contributed by atoms with Crippen LogP contribution in [0.25, 0.3) is 0 Å². The lowest BCUT2D eigenvalue weighted by molar-refractivity contribution is -0.154. The lowest BCUT2D eigenvalue weighted by Crippen LogP contribution is -2.45. The monoisotopic (exact) mass is 219 g/mol. The summed E-state index contributed by atoms with van der Waals surface area (Å²) < 4.78 is 0. The quantitative estimate of drug-likeness (QED) is 0.249. The number of carbonyl (C=O) groups is 2. The standard InChI is InChI=1S/C7H17N5O3/c8-4-2-1-3-5(9)6(13)15-12-11-7(10)14/h5,12H,1-4,8-9H2,(H3,10,11,14)/t5-/m0/s1. The highest BCUT2D eigenvalue weighted by Gasteiger charge is 2.14. The Morgan fingerprint density at radius 1 is 1.33 bits per heavy atom. The molecule has 8 nitrogen and oxygen atoms in total. The van der Waals surface area contributed by atoms with Crippen molar-refractivity contribution in [3.05, 3.63) is 0 Å². The number of rotatable bonds is 7. The molecule has 2 amide bonds. The summed E-state index contributed by atoms with van der Waals surface area (Å²) in [5.41, 5.74) is 19.2. The van der Waals surface area contributed by atoms with Crippen molar-refractivity contribution in [2.45, 2.75) is 25.3 Å².